The van der Waals surface area contributed by atoms with Crippen LogP contribution in [0.1, 0.15) is 0 Å². The Morgan fingerprint density at radius 1 is 0.667 bits per heavy atom. The van der Waals surface area contributed by atoms with E-state index in [0.717, 1.165) is 0 Å². The lowest BCUT2D eigenvalue weighted by Gasteiger charge is -1.99. The van der Waals surface area contributed by atoms with Crippen LogP contribution in [0.15, 0.2) is 0 Å². The summed E-state index contributed by atoms with van der Waals surface area (Å²) in [6.07, 6.45) is 0. The first-order valence-corrected chi connectivity index (χ1v) is 3.60. The average Bonchev–Trinajstić information content (AvgIpc) is 2.16. The monoisotopic (exact) mass is 225 g/mol. The van der Waals surface area contributed by atoms with Gasteiger partial charge in [-0.3, -0.25) is 0 Å². The van der Waals surface area contributed by atoms with Crippen molar-refractivity contribution in [3.8, 4) is 18.0 Å². The van der Waals surface area contributed by atoms with Crippen molar-refractivity contribution in [1.29, 1.82) is 0 Å². The van der Waals surface area contributed by atoms with Gasteiger partial charge >= 0.3 is 18.0 Å². The lowest BCUT2D eigenvalue weighted by Crippen LogP contribution is -1.96. The zero-order valence-corrected chi connectivity index (χ0v) is 8.09. The van der Waals surface area contributed by atoms with Crippen LogP contribution in [0, 0.1) is 0 Å². The molecule has 66 valence electrons. The van der Waals surface area contributed by atoms with Gasteiger partial charge in [0.05, 0.1) is 0 Å². The van der Waals surface area contributed by atoms with Gasteiger partial charge < -0.3 is 12.5 Å². The minimum Gasteiger partial charge on any atom is -0.392 e. The second kappa shape index (κ2) is 4.48. The molecule has 1 aromatic heterocycles. The van der Waals surface area contributed by atoms with Crippen molar-refractivity contribution in [2.75, 3.05) is 0 Å². The van der Waals surface area contributed by atoms with Crippen LogP contribution in [0.3, 0.4) is 0 Å². The molecule has 0 radical (unpaired) electrons. The van der Waals surface area contributed by atoms with Gasteiger partial charge in [-0.25, -0.2) is 0 Å². The van der Waals surface area contributed by atoms with Crippen molar-refractivity contribution in [1.82, 2.24) is 15.0 Å². The normalized spacial score (nSPS) is 9.25. The maximum Gasteiger partial charge on any atom is 0.338 e. The van der Waals surface area contributed by atoms with E-state index in [9.17, 15) is 0 Å². The summed E-state index contributed by atoms with van der Waals surface area (Å²) in [5.74, 6) is 0. The summed E-state index contributed by atoms with van der Waals surface area (Å²) in [5.41, 5.74) is 0. The van der Waals surface area contributed by atoms with Crippen molar-refractivity contribution in [2.45, 2.75) is 0 Å². The fourth-order valence-electron chi connectivity index (χ4n) is 0.443. The Balaban J connectivity index is 3.01. The van der Waals surface area contributed by atoms with Crippen LogP contribution in [0.2, 0.25) is 0 Å². The van der Waals surface area contributed by atoms with E-state index in [4.69, 9.17) is 0 Å². The molecule has 0 aromatic carbocycles. The highest BCUT2D eigenvalue weighted by Crippen LogP contribution is 2.16. The van der Waals surface area contributed by atoms with Crippen LogP contribution in [0.4, 0.5) is 0 Å². The fourth-order valence-corrected chi connectivity index (χ4v) is 0.688. The van der Waals surface area contributed by atoms with Gasteiger partial charge in [0.25, 0.3) is 0 Å². The summed E-state index contributed by atoms with van der Waals surface area (Å²) in [5, 5.41) is 0. The number of aromatic nitrogens is 3. The first-order chi connectivity index (χ1) is 5.80. The molecule has 1 rings (SSSR count). The summed E-state index contributed by atoms with van der Waals surface area (Å²) in [6, 6.07) is -0.204. The minimum absolute atomic E-state index is 0.0681. The minimum atomic E-state index is -0.0681. The van der Waals surface area contributed by atoms with Gasteiger partial charge in [0.15, 0.2) is 0 Å². The van der Waals surface area contributed by atoms with Crippen LogP contribution >= 0.6 is 38.7 Å². The van der Waals surface area contributed by atoms with Crippen LogP contribution in [-0.2, 0) is 0 Å². The summed E-state index contributed by atoms with van der Waals surface area (Å²) in [4.78, 5) is 10.8. The first-order valence-electron chi connectivity index (χ1n) is 2.50. The third-order valence-electron chi connectivity index (χ3n) is 0.819. The molecule has 0 N–H and O–H groups in total. The molecule has 0 saturated heterocycles. The summed E-state index contributed by atoms with van der Waals surface area (Å²) in [7, 11) is 0. The maximum absolute atomic E-state index is 4.40. The van der Waals surface area contributed by atoms with Crippen LogP contribution in [0.5, 0.6) is 18.0 Å². The second-order valence-electron chi connectivity index (χ2n) is 1.46. The molecule has 6 nitrogen and oxygen atoms in total. The lowest BCUT2D eigenvalue weighted by atomic mass is 10.9. The molecule has 0 amide bonds. The quantitative estimate of drug-likeness (QED) is 0.515. The molecular formula is C3H3N3O3S3. The van der Waals surface area contributed by atoms with Gasteiger partial charge in [-0.1, -0.05) is 0 Å². The zero-order valence-electron chi connectivity index (χ0n) is 5.41. The zero-order chi connectivity index (χ0) is 8.97. The van der Waals surface area contributed by atoms with Crippen molar-refractivity contribution in [2.24, 2.45) is 0 Å². The highest BCUT2D eigenvalue weighted by molar-refractivity contribution is 7.75. The van der Waals surface area contributed by atoms with Gasteiger partial charge in [-0.2, -0.15) is 0 Å². The third-order valence-corrected chi connectivity index (χ3v) is 1.31. The van der Waals surface area contributed by atoms with Crippen molar-refractivity contribution >= 4 is 38.7 Å². The van der Waals surface area contributed by atoms with E-state index in [1.807, 2.05) is 0 Å². The lowest BCUT2D eigenvalue weighted by molar-refractivity contribution is 0.490. The molecular weight excluding hydrogens is 222 g/mol. The Labute approximate surface area is 84.5 Å². The largest absolute Gasteiger partial charge is 0.392 e. The van der Waals surface area contributed by atoms with Crippen molar-refractivity contribution in [3.63, 3.8) is 0 Å². The average molecular weight is 225 g/mol. The van der Waals surface area contributed by atoms with E-state index in [1.165, 1.54) is 0 Å². The smallest absolute Gasteiger partial charge is 0.338 e. The molecule has 12 heavy (non-hydrogen) atoms. The van der Waals surface area contributed by atoms with Gasteiger partial charge in [-0.05, 0) is 0 Å². The van der Waals surface area contributed by atoms with Gasteiger partial charge in [0, 0.05) is 38.7 Å². The van der Waals surface area contributed by atoms with E-state index in [1.54, 1.807) is 0 Å². The highest BCUT2D eigenvalue weighted by Gasteiger charge is 2.07. The molecule has 0 aliphatic carbocycles. The Kier molecular flexibility index (Phi) is 3.56. The molecule has 0 saturated carbocycles. The molecule has 1 heterocycles. The molecule has 0 aliphatic heterocycles. The molecule has 0 fully saturated rings. The molecule has 0 bridgehead atoms. The van der Waals surface area contributed by atoms with Crippen molar-refractivity contribution < 1.29 is 12.5 Å². The number of nitrogens with zero attached hydrogens (tertiary/aromatic N) is 3. The standard InChI is InChI=1S/C3H3N3O3S3/c10-7-1-4-2(8-11)6-3(5-1)9-12/h10-12H. The number of hydrogen-bond acceptors (Lipinski definition) is 9. The number of hydrogen-bond donors (Lipinski definition) is 3. The predicted molar refractivity (Wildman–Crippen MR) is 48.7 cm³/mol. The van der Waals surface area contributed by atoms with Gasteiger partial charge in [0.1, 0.15) is 0 Å². The second-order valence-corrected chi connectivity index (χ2v) is 2.00. The fraction of sp³-hybridized carbons (Fsp3) is 0. The van der Waals surface area contributed by atoms with E-state index in [2.05, 4.69) is 66.2 Å². The topological polar surface area (TPSA) is 66.4 Å². The molecule has 9 heteroatoms. The maximum atomic E-state index is 4.40. The molecule has 0 spiro atoms. The van der Waals surface area contributed by atoms with Gasteiger partial charge in [0.2, 0.25) is 0 Å². The Morgan fingerprint density at radius 3 is 1.08 bits per heavy atom. The summed E-state index contributed by atoms with van der Waals surface area (Å²) < 4.78 is 13.2. The molecule has 0 atom stereocenters. The summed E-state index contributed by atoms with van der Waals surface area (Å²) in [6.45, 7) is 0. The van der Waals surface area contributed by atoms with Crippen LogP contribution in [0.25, 0.3) is 0 Å². The van der Waals surface area contributed by atoms with Crippen LogP contribution < -0.4 is 12.5 Å². The predicted octanol–water partition coefficient (Wildman–Crippen LogP) is 0.542. The third kappa shape index (κ3) is 2.22. The van der Waals surface area contributed by atoms with E-state index >= 15 is 0 Å². The molecule has 1 aromatic rings. The number of rotatable bonds is 3. The Hall–Kier alpha value is -0.540. The molecule has 0 unspecified atom stereocenters. The number of thiol groups is 3. The van der Waals surface area contributed by atoms with E-state index < -0.39 is 0 Å². The SMILES string of the molecule is SOc1nc(OS)nc(OS)n1. The van der Waals surface area contributed by atoms with E-state index in [0.29, 0.717) is 0 Å². The van der Waals surface area contributed by atoms with Gasteiger partial charge in [-0.15, -0.1) is 15.0 Å². The molecule has 0 aliphatic rings. The summed E-state index contributed by atoms with van der Waals surface area (Å²) >= 11 is 10.4. The first kappa shape index (κ1) is 9.55. The Morgan fingerprint density at radius 2 is 0.917 bits per heavy atom. The van der Waals surface area contributed by atoms with Crippen LogP contribution in [-0.4, -0.2) is 15.0 Å². The Bertz CT molecular complexity index is 217. The highest BCUT2D eigenvalue weighted by atomic mass is 32.1. The van der Waals surface area contributed by atoms with E-state index in [-0.39, 0.29) is 18.0 Å². The van der Waals surface area contributed by atoms with Crippen molar-refractivity contribution in [3.05, 3.63) is 0 Å².